The molecule has 1 heterocycles. The average molecular weight is 459 g/mol. The minimum absolute atomic E-state index is 0.212. The zero-order valence-corrected chi connectivity index (χ0v) is 19.6. The molecule has 0 aliphatic rings. The average Bonchev–Trinajstić information content (AvgIpc) is 2.83. The second-order valence-corrected chi connectivity index (χ2v) is 8.50. The molecule has 1 aromatic heterocycles. The van der Waals surface area contributed by atoms with E-state index in [1.54, 1.807) is 0 Å². The first-order valence-electron chi connectivity index (χ1n) is 11.4. The fourth-order valence-electron chi connectivity index (χ4n) is 3.95. The van der Waals surface area contributed by atoms with E-state index in [0.717, 1.165) is 34.5 Å². The molecule has 0 fully saturated rings. The third kappa shape index (κ3) is 4.76. The fourth-order valence-corrected chi connectivity index (χ4v) is 3.95. The van der Waals surface area contributed by atoms with Crippen molar-refractivity contribution in [3.63, 3.8) is 0 Å². The lowest BCUT2D eigenvalue weighted by Gasteiger charge is -2.18. The van der Waals surface area contributed by atoms with Crippen LogP contribution in [-0.2, 0) is 0 Å². The molecule has 0 bridgehead atoms. The summed E-state index contributed by atoms with van der Waals surface area (Å²) >= 11 is 0. The summed E-state index contributed by atoms with van der Waals surface area (Å²) in [5.74, 6) is 0.0607. The summed E-state index contributed by atoms with van der Waals surface area (Å²) < 4.78 is 28.7. The highest BCUT2D eigenvalue weighted by molar-refractivity contribution is 5.95. The molecule has 0 unspecified atom stereocenters. The third-order valence-electron chi connectivity index (χ3n) is 5.63. The van der Waals surface area contributed by atoms with Crippen molar-refractivity contribution in [3.8, 4) is 11.4 Å². The lowest BCUT2D eigenvalue weighted by Crippen LogP contribution is -2.09. The second kappa shape index (κ2) is 10.00. The number of hydrogen-bond donors (Lipinski definition) is 2. The number of benzene rings is 3. The predicted octanol–water partition coefficient (Wildman–Crippen LogP) is 7.60. The Morgan fingerprint density at radius 1 is 1.00 bits per heavy atom. The highest BCUT2D eigenvalue weighted by Crippen LogP contribution is 2.33. The van der Waals surface area contributed by atoms with Crippen LogP contribution in [0.3, 0.4) is 0 Å². The van der Waals surface area contributed by atoms with Crippen molar-refractivity contribution < 1.29 is 8.78 Å². The van der Waals surface area contributed by atoms with Gasteiger partial charge in [0.25, 0.3) is 0 Å². The van der Waals surface area contributed by atoms with E-state index < -0.39 is 11.6 Å². The van der Waals surface area contributed by atoms with Gasteiger partial charge in [-0.3, -0.25) is 0 Å². The number of rotatable bonds is 8. The van der Waals surface area contributed by atoms with Crippen LogP contribution in [0, 0.1) is 11.6 Å². The number of fused-ring (bicyclic) bond motifs is 1. The molecule has 174 valence electrons. The van der Waals surface area contributed by atoms with Gasteiger partial charge in [-0.25, -0.2) is 18.7 Å². The summed E-state index contributed by atoms with van der Waals surface area (Å²) in [6.07, 6.45) is 0.797. The molecule has 0 aliphatic heterocycles. The van der Waals surface area contributed by atoms with E-state index >= 15 is 0 Å². The number of nitrogens with one attached hydrogen (secondary N) is 2. The Morgan fingerprint density at radius 3 is 2.50 bits per heavy atom. The van der Waals surface area contributed by atoms with Crippen molar-refractivity contribution in [1.29, 1.82) is 0 Å². The van der Waals surface area contributed by atoms with Crippen LogP contribution in [0.2, 0.25) is 0 Å². The van der Waals surface area contributed by atoms with Crippen molar-refractivity contribution in [2.75, 3.05) is 17.2 Å². The van der Waals surface area contributed by atoms with Crippen molar-refractivity contribution in [1.82, 2.24) is 9.97 Å². The number of nitrogens with zero attached hydrogens (tertiary/aromatic N) is 2. The van der Waals surface area contributed by atoms with E-state index in [-0.39, 0.29) is 5.69 Å². The molecule has 3 aromatic carbocycles. The third-order valence-corrected chi connectivity index (χ3v) is 5.63. The molecule has 2 N–H and O–H groups in total. The molecule has 4 nitrogen and oxygen atoms in total. The van der Waals surface area contributed by atoms with E-state index in [1.807, 2.05) is 49.4 Å². The Kier molecular flexibility index (Phi) is 6.87. The fraction of sp³-hybridized carbons (Fsp3) is 0.214. The molecule has 0 saturated carbocycles. The molecule has 4 rings (SSSR count). The normalized spacial score (nSPS) is 11.1. The van der Waals surface area contributed by atoms with E-state index in [2.05, 4.69) is 37.1 Å². The number of hydrogen-bond acceptors (Lipinski definition) is 4. The summed E-state index contributed by atoms with van der Waals surface area (Å²) in [5.41, 5.74) is 3.71. The standard InChI is InChI=1S/C28H28F2N4/c1-5-14-31-26-23(15-19(29)16-24(26)30)18(4)32-28-22-12-8-9-13-25(22)33-27(34-28)21-11-7-6-10-20(21)17(2)3/h6-13,15-17,31H,4-5,14H2,1-3H3,(H,32,33,34). The Morgan fingerprint density at radius 2 is 1.74 bits per heavy atom. The van der Waals surface area contributed by atoms with E-state index in [4.69, 9.17) is 9.97 Å². The number of halogens is 2. The van der Waals surface area contributed by atoms with Crippen LogP contribution in [0.25, 0.3) is 28.0 Å². The highest BCUT2D eigenvalue weighted by atomic mass is 19.1. The van der Waals surface area contributed by atoms with Gasteiger partial charge >= 0.3 is 0 Å². The molecule has 4 aromatic rings. The van der Waals surface area contributed by atoms with Gasteiger partial charge in [0.2, 0.25) is 0 Å². The summed E-state index contributed by atoms with van der Waals surface area (Å²) in [5, 5.41) is 7.04. The minimum Gasteiger partial charge on any atom is -0.382 e. The van der Waals surface area contributed by atoms with Crippen LogP contribution in [0.15, 0.2) is 67.2 Å². The van der Waals surface area contributed by atoms with Gasteiger partial charge in [-0.15, -0.1) is 0 Å². The summed E-state index contributed by atoms with van der Waals surface area (Å²) in [6, 6.07) is 17.8. The monoisotopic (exact) mass is 458 g/mol. The van der Waals surface area contributed by atoms with Crippen molar-refractivity contribution in [2.24, 2.45) is 0 Å². The quantitative estimate of drug-likeness (QED) is 0.285. The number of anilines is 2. The lowest BCUT2D eigenvalue weighted by atomic mass is 9.97. The van der Waals surface area contributed by atoms with Crippen molar-refractivity contribution in [2.45, 2.75) is 33.1 Å². The maximum Gasteiger partial charge on any atom is 0.162 e. The Balaban J connectivity index is 1.81. The smallest absolute Gasteiger partial charge is 0.162 e. The number of para-hydroxylation sites is 1. The van der Waals surface area contributed by atoms with Gasteiger partial charge in [-0.2, -0.15) is 0 Å². The van der Waals surface area contributed by atoms with Gasteiger partial charge in [-0.1, -0.05) is 63.7 Å². The second-order valence-electron chi connectivity index (χ2n) is 8.50. The van der Waals surface area contributed by atoms with Crippen molar-refractivity contribution in [3.05, 3.63) is 90.0 Å². The van der Waals surface area contributed by atoms with Crippen LogP contribution in [0.1, 0.15) is 44.2 Å². The highest BCUT2D eigenvalue weighted by Gasteiger charge is 2.17. The lowest BCUT2D eigenvalue weighted by molar-refractivity contribution is 0.584. The first-order chi connectivity index (χ1) is 16.4. The Labute approximate surface area is 198 Å². The first kappa shape index (κ1) is 23.4. The van der Waals surface area contributed by atoms with Crippen LogP contribution >= 0.6 is 0 Å². The molecule has 6 heteroatoms. The zero-order valence-electron chi connectivity index (χ0n) is 19.6. The molecule has 0 aliphatic carbocycles. The zero-order chi connectivity index (χ0) is 24.2. The molecule has 0 radical (unpaired) electrons. The number of aromatic nitrogens is 2. The van der Waals surface area contributed by atoms with Crippen LogP contribution in [-0.4, -0.2) is 16.5 Å². The van der Waals surface area contributed by atoms with Gasteiger partial charge in [0.05, 0.1) is 11.2 Å². The van der Waals surface area contributed by atoms with Gasteiger partial charge in [0, 0.05) is 34.8 Å². The Bertz CT molecular complexity index is 1350. The van der Waals surface area contributed by atoms with Crippen LogP contribution in [0.4, 0.5) is 20.3 Å². The SMILES string of the molecule is C=C(Nc1nc(-c2ccccc2C(C)C)nc2ccccc12)c1cc(F)cc(F)c1NCCC. The minimum atomic E-state index is -0.670. The van der Waals surface area contributed by atoms with Gasteiger partial charge in [-0.05, 0) is 36.1 Å². The molecule has 0 saturated heterocycles. The maximum absolute atomic E-state index is 14.6. The summed E-state index contributed by atoms with van der Waals surface area (Å²) in [4.78, 5) is 9.63. The summed E-state index contributed by atoms with van der Waals surface area (Å²) in [6.45, 7) is 10.9. The van der Waals surface area contributed by atoms with Gasteiger partial charge in [0.1, 0.15) is 17.5 Å². The predicted molar refractivity (Wildman–Crippen MR) is 137 cm³/mol. The van der Waals surface area contributed by atoms with Gasteiger partial charge in [0.15, 0.2) is 5.82 Å². The molecule has 0 atom stereocenters. The molecule has 0 amide bonds. The summed E-state index contributed by atoms with van der Waals surface area (Å²) in [7, 11) is 0. The van der Waals surface area contributed by atoms with E-state index in [1.165, 1.54) is 6.07 Å². The van der Waals surface area contributed by atoms with Crippen LogP contribution in [0.5, 0.6) is 0 Å². The van der Waals surface area contributed by atoms with Gasteiger partial charge < -0.3 is 10.6 Å². The van der Waals surface area contributed by atoms with Crippen LogP contribution < -0.4 is 10.6 Å². The Hall–Kier alpha value is -3.80. The first-order valence-corrected chi connectivity index (χ1v) is 11.4. The van der Waals surface area contributed by atoms with E-state index in [9.17, 15) is 8.78 Å². The molecular weight excluding hydrogens is 430 g/mol. The topological polar surface area (TPSA) is 49.8 Å². The molecule has 0 spiro atoms. The van der Waals surface area contributed by atoms with Crippen molar-refractivity contribution >= 4 is 28.1 Å². The maximum atomic E-state index is 14.6. The molecular formula is C28H28F2N4. The largest absolute Gasteiger partial charge is 0.382 e. The molecule has 34 heavy (non-hydrogen) atoms. The van der Waals surface area contributed by atoms with E-state index in [0.29, 0.717) is 35.4 Å².